The smallest absolute Gasteiger partial charge is 0.259 e. The third kappa shape index (κ3) is 2.56. The zero-order valence-corrected chi connectivity index (χ0v) is 13.9. The monoisotopic (exact) mass is 324 g/mol. The van der Waals surface area contributed by atoms with Gasteiger partial charge < -0.3 is 9.80 Å². The average molecular weight is 324 g/mol. The summed E-state index contributed by atoms with van der Waals surface area (Å²) in [5.41, 5.74) is 3.04. The van der Waals surface area contributed by atoms with Crippen molar-refractivity contribution in [3.8, 4) is 0 Å². The highest BCUT2D eigenvalue weighted by molar-refractivity contribution is 5.48. The molecule has 4 heterocycles. The molecule has 0 aliphatic carbocycles. The van der Waals surface area contributed by atoms with E-state index in [9.17, 15) is 4.79 Å². The minimum atomic E-state index is -0.0526. The second-order valence-corrected chi connectivity index (χ2v) is 6.38. The molecule has 0 spiro atoms. The largest absolute Gasteiger partial charge is 0.349 e. The van der Waals surface area contributed by atoms with Crippen molar-refractivity contribution < 1.29 is 0 Å². The molecule has 3 aromatic heterocycles. The lowest BCUT2D eigenvalue weighted by Crippen LogP contribution is -2.36. The molecule has 124 valence electrons. The second-order valence-electron chi connectivity index (χ2n) is 6.38. The highest BCUT2D eigenvalue weighted by Crippen LogP contribution is 2.21. The highest BCUT2D eigenvalue weighted by atomic mass is 16.1. The molecule has 7 nitrogen and oxygen atoms in total. The summed E-state index contributed by atoms with van der Waals surface area (Å²) in [5, 5.41) is 4.48. The predicted molar refractivity (Wildman–Crippen MR) is 92.1 cm³/mol. The fourth-order valence-electron chi connectivity index (χ4n) is 3.17. The van der Waals surface area contributed by atoms with E-state index in [2.05, 4.69) is 38.7 Å². The van der Waals surface area contributed by atoms with E-state index >= 15 is 0 Å². The first kappa shape index (κ1) is 14.9. The van der Waals surface area contributed by atoms with Gasteiger partial charge in [0.15, 0.2) is 0 Å². The van der Waals surface area contributed by atoms with Crippen LogP contribution >= 0.6 is 0 Å². The van der Waals surface area contributed by atoms with Crippen LogP contribution in [-0.2, 0) is 19.6 Å². The molecule has 0 amide bonds. The van der Waals surface area contributed by atoms with Gasteiger partial charge >= 0.3 is 0 Å². The molecule has 0 fully saturated rings. The van der Waals surface area contributed by atoms with Gasteiger partial charge in [-0.25, -0.2) is 4.98 Å². The standard InChI is InChI=1S/C17H20N6O/c1-20(2)11-13-10-18-23-8-7-21(12-14(13)23)16-9-17(24)22-6-4-3-5-15(22)19-16/h3-6,9-10H,7-8,11-12H2,1-2H3. The second kappa shape index (κ2) is 5.76. The Hall–Kier alpha value is -2.67. The predicted octanol–water partition coefficient (Wildman–Crippen LogP) is 0.973. The van der Waals surface area contributed by atoms with Crippen molar-refractivity contribution in [3.05, 3.63) is 58.3 Å². The zero-order chi connectivity index (χ0) is 16.7. The molecule has 1 aliphatic rings. The molecule has 0 atom stereocenters. The quantitative estimate of drug-likeness (QED) is 0.719. The topological polar surface area (TPSA) is 58.7 Å². The van der Waals surface area contributed by atoms with Gasteiger partial charge in [-0.05, 0) is 26.2 Å². The highest BCUT2D eigenvalue weighted by Gasteiger charge is 2.22. The number of aromatic nitrogens is 4. The molecule has 0 aromatic carbocycles. The lowest BCUT2D eigenvalue weighted by molar-refractivity contribution is 0.398. The number of pyridine rings is 1. The fourth-order valence-corrected chi connectivity index (χ4v) is 3.17. The third-order valence-corrected chi connectivity index (χ3v) is 4.33. The van der Waals surface area contributed by atoms with Crippen LogP contribution in [0.4, 0.5) is 5.82 Å². The molecule has 4 rings (SSSR count). The maximum Gasteiger partial charge on any atom is 0.259 e. The molecule has 0 radical (unpaired) electrons. The van der Waals surface area contributed by atoms with E-state index in [0.29, 0.717) is 5.65 Å². The van der Waals surface area contributed by atoms with Crippen molar-refractivity contribution in [2.24, 2.45) is 0 Å². The van der Waals surface area contributed by atoms with Crippen molar-refractivity contribution in [2.45, 2.75) is 19.6 Å². The van der Waals surface area contributed by atoms with Crippen molar-refractivity contribution in [3.63, 3.8) is 0 Å². The minimum Gasteiger partial charge on any atom is -0.349 e. The number of fused-ring (bicyclic) bond motifs is 2. The number of hydrogen-bond acceptors (Lipinski definition) is 5. The van der Waals surface area contributed by atoms with Gasteiger partial charge in [0, 0.05) is 30.9 Å². The van der Waals surface area contributed by atoms with Gasteiger partial charge in [-0.2, -0.15) is 5.10 Å². The molecule has 24 heavy (non-hydrogen) atoms. The molecule has 0 N–H and O–H groups in total. The zero-order valence-electron chi connectivity index (χ0n) is 13.9. The number of anilines is 1. The Morgan fingerprint density at radius 2 is 2.12 bits per heavy atom. The first-order valence-corrected chi connectivity index (χ1v) is 8.03. The van der Waals surface area contributed by atoms with Crippen molar-refractivity contribution in [1.29, 1.82) is 0 Å². The Kier molecular flexibility index (Phi) is 3.57. The fraction of sp³-hybridized carbons (Fsp3) is 0.353. The summed E-state index contributed by atoms with van der Waals surface area (Å²) in [6.07, 6.45) is 3.69. The summed E-state index contributed by atoms with van der Waals surface area (Å²) >= 11 is 0. The number of nitrogens with zero attached hydrogens (tertiary/aromatic N) is 6. The van der Waals surface area contributed by atoms with E-state index in [-0.39, 0.29) is 5.56 Å². The van der Waals surface area contributed by atoms with Crippen LogP contribution < -0.4 is 10.5 Å². The van der Waals surface area contributed by atoms with Crippen LogP contribution in [0.15, 0.2) is 41.5 Å². The average Bonchev–Trinajstić information content (AvgIpc) is 2.96. The van der Waals surface area contributed by atoms with Gasteiger partial charge in [-0.3, -0.25) is 13.9 Å². The van der Waals surface area contributed by atoms with Crippen LogP contribution in [-0.4, -0.2) is 44.7 Å². The Labute approximate surface area is 139 Å². The van der Waals surface area contributed by atoms with E-state index in [0.717, 1.165) is 32.0 Å². The van der Waals surface area contributed by atoms with E-state index in [1.807, 2.05) is 24.4 Å². The molecular formula is C17H20N6O. The van der Waals surface area contributed by atoms with Gasteiger partial charge in [-0.1, -0.05) is 6.07 Å². The first-order chi connectivity index (χ1) is 11.6. The molecule has 0 saturated heterocycles. The van der Waals surface area contributed by atoms with Crippen molar-refractivity contribution in [2.75, 3.05) is 25.5 Å². The van der Waals surface area contributed by atoms with Crippen LogP contribution in [0.1, 0.15) is 11.3 Å². The summed E-state index contributed by atoms with van der Waals surface area (Å²) in [6, 6.07) is 7.20. The van der Waals surface area contributed by atoms with Crippen LogP contribution in [0.2, 0.25) is 0 Å². The lowest BCUT2D eigenvalue weighted by atomic mass is 10.2. The molecular weight excluding hydrogens is 304 g/mol. The number of hydrogen-bond donors (Lipinski definition) is 0. The van der Waals surface area contributed by atoms with E-state index < -0.39 is 0 Å². The van der Waals surface area contributed by atoms with Crippen LogP contribution in [0.25, 0.3) is 5.65 Å². The summed E-state index contributed by atoms with van der Waals surface area (Å²) in [5.74, 6) is 0.731. The van der Waals surface area contributed by atoms with Crippen LogP contribution in [0, 0.1) is 0 Å². The van der Waals surface area contributed by atoms with Crippen molar-refractivity contribution >= 4 is 11.5 Å². The van der Waals surface area contributed by atoms with Crippen LogP contribution in [0.3, 0.4) is 0 Å². The van der Waals surface area contributed by atoms with Gasteiger partial charge in [0.25, 0.3) is 5.56 Å². The summed E-state index contributed by atoms with van der Waals surface area (Å²) in [7, 11) is 4.10. The molecule has 0 saturated carbocycles. The summed E-state index contributed by atoms with van der Waals surface area (Å²) in [4.78, 5) is 21.3. The van der Waals surface area contributed by atoms with Gasteiger partial charge in [0.1, 0.15) is 11.5 Å². The summed E-state index contributed by atoms with van der Waals surface area (Å²) < 4.78 is 3.62. The van der Waals surface area contributed by atoms with Gasteiger partial charge in [0.2, 0.25) is 0 Å². The minimum absolute atomic E-state index is 0.0526. The van der Waals surface area contributed by atoms with Gasteiger partial charge in [0.05, 0.1) is 25.0 Å². The van der Waals surface area contributed by atoms with E-state index in [4.69, 9.17) is 0 Å². The summed E-state index contributed by atoms with van der Waals surface area (Å²) in [6.45, 7) is 3.18. The Bertz CT molecular complexity index is 942. The molecule has 0 bridgehead atoms. The van der Waals surface area contributed by atoms with Crippen molar-refractivity contribution in [1.82, 2.24) is 24.1 Å². The molecule has 3 aromatic rings. The van der Waals surface area contributed by atoms with Crippen LogP contribution in [0.5, 0.6) is 0 Å². The molecule has 0 unspecified atom stereocenters. The third-order valence-electron chi connectivity index (χ3n) is 4.33. The van der Waals surface area contributed by atoms with Gasteiger partial charge in [-0.15, -0.1) is 0 Å². The Balaban J connectivity index is 1.69. The molecule has 7 heteroatoms. The van der Waals surface area contributed by atoms with E-state index in [1.54, 1.807) is 16.7 Å². The Morgan fingerprint density at radius 1 is 1.25 bits per heavy atom. The van der Waals surface area contributed by atoms with E-state index in [1.165, 1.54) is 11.3 Å². The number of rotatable bonds is 3. The maximum absolute atomic E-state index is 12.3. The SMILES string of the molecule is CN(C)Cc1cnn2c1CN(c1cc(=O)n3ccccc3n1)CC2. The maximum atomic E-state index is 12.3. The first-order valence-electron chi connectivity index (χ1n) is 8.03. The normalized spacial score (nSPS) is 14.4. The Morgan fingerprint density at radius 3 is 2.96 bits per heavy atom. The molecule has 1 aliphatic heterocycles. The lowest BCUT2D eigenvalue weighted by Gasteiger charge is -2.29.